The Morgan fingerprint density at radius 3 is 2.56 bits per heavy atom. The van der Waals surface area contributed by atoms with Gasteiger partial charge in [-0.2, -0.15) is 0 Å². The van der Waals surface area contributed by atoms with Crippen LogP contribution in [0.4, 0.5) is 0 Å². The van der Waals surface area contributed by atoms with Gasteiger partial charge in [-0.25, -0.2) is 13.1 Å². The Bertz CT molecular complexity index is 343. The Morgan fingerprint density at radius 2 is 2.06 bits per heavy atom. The molecule has 0 aromatic carbocycles. The van der Waals surface area contributed by atoms with E-state index in [0.717, 1.165) is 19.5 Å². The van der Waals surface area contributed by atoms with Gasteiger partial charge in [-0.15, -0.1) is 0 Å². The lowest BCUT2D eigenvalue weighted by Gasteiger charge is -2.20. The monoisotopic (exact) mass is 278 g/mol. The van der Waals surface area contributed by atoms with Crippen LogP contribution in [0.2, 0.25) is 0 Å². The molecule has 1 fully saturated rings. The number of methoxy groups -OCH3 is 1. The number of rotatable bonds is 7. The molecule has 0 aromatic heterocycles. The van der Waals surface area contributed by atoms with Gasteiger partial charge >= 0.3 is 0 Å². The van der Waals surface area contributed by atoms with Crippen molar-refractivity contribution in [1.82, 2.24) is 9.62 Å². The number of nitrogens with zero attached hydrogens (tertiary/aromatic N) is 1. The standard InChI is InChI=1S/C12H26N2O3S/c1-5-6-7-18(15,16)13-11-8-14(10(2)3)9-12(11)17-4/h10-13H,5-9H2,1-4H3/t11-,12-/m0/s1. The highest BCUT2D eigenvalue weighted by Gasteiger charge is 2.36. The summed E-state index contributed by atoms with van der Waals surface area (Å²) >= 11 is 0. The summed E-state index contributed by atoms with van der Waals surface area (Å²) in [5, 5.41) is 0. The van der Waals surface area contributed by atoms with Crippen LogP contribution in [0.5, 0.6) is 0 Å². The van der Waals surface area contributed by atoms with E-state index in [9.17, 15) is 8.42 Å². The van der Waals surface area contributed by atoms with Gasteiger partial charge in [0.05, 0.1) is 17.9 Å². The van der Waals surface area contributed by atoms with E-state index in [-0.39, 0.29) is 17.9 Å². The maximum Gasteiger partial charge on any atom is 0.211 e. The van der Waals surface area contributed by atoms with Crippen LogP contribution in [0, 0.1) is 0 Å². The zero-order chi connectivity index (χ0) is 13.8. The summed E-state index contributed by atoms with van der Waals surface area (Å²) < 4.78 is 32.0. The van der Waals surface area contributed by atoms with Gasteiger partial charge in [-0.05, 0) is 20.3 Å². The average Bonchev–Trinajstić information content (AvgIpc) is 2.69. The fraction of sp³-hybridized carbons (Fsp3) is 1.00. The van der Waals surface area contributed by atoms with Crippen molar-refractivity contribution in [2.24, 2.45) is 0 Å². The van der Waals surface area contributed by atoms with Crippen molar-refractivity contribution >= 4 is 10.0 Å². The van der Waals surface area contributed by atoms with Crippen molar-refractivity contribution in [3.05, 3.63) is 0 Å². The smallest absolute Gasteiger partial charge is 0.211 e. The molecule has 1 N–H and O–H groups in total. The zero-order valence-electron chi connectivity index (χ0n) is 11.8. The predicted molar refractivity (Wildman–Crippen MR) is 73.1 cm³/mol. The third-order valence-electron chi connectivity index (χ3n) is 3.43. The van der Waals surface area contributed by atoms with E-state index in [0.29, 0.717) is 12.5 Å². The summed E-state index contributed by atoms with van der Waals surface area (Å²) in [6, 6.07) is 0.284. The SMILES string of the molecule is CCCCS(=O)(=O)N[C@H]1CN(C(C)C)C[C@@H]1OC. The molecule has 1 rings (SSSR count). The molecule has 1 aliphatic heterocycles. The van der Waals surface area contributed by atoms with Crippen molar-refractivity contribution in [2.75, 3.05) is 26.0 Å². The van der Waals surface area contributed by atoms with Crippen LogP contribution in [-0.2, 0) is 14.8 Å². The van der Waals surface area contributed by atoms with Crippen LogP contribution in [0.1, 0.15) is 33.6 Å². The molecule has 0 unspecified atom stereocenters. The fourth-order valence-corrected chi connectivity index (χ4v) is 3.67. The lowest BCUT2D eigenvalue weighted by Crippen LogP contribution is -2.44. The second kappa shape index (κ2) is 6.84. The number of hydrogen-bond acceptors (Lipinski definition) is 4. The van der Waals surface area contributed by atoms with E-state index in [1.807, 2.05) is 6.92 Å². The van der Waals surface area contributed by atoms with Crippen molar-refractivity contribution < 1.29 is 13.2 Å². The molecule has 0 aliphatic carbocycles. The van der Waals surface area contributed by atoms with Crippen LogP contribution in [0.15, 0.2) is 0 Å². The molecular formula is C12H26N2O3S. The summed E-state index contributed by atoms with van der Waals surface area (Å²) in [4.78, 5) is 2.24. The summed E-state index contributed by atoms with van der Waals surface area (Å²) in [5.74, 6) is 0.206. The predicted octanol–water partition coefficient (Wildman–Crippen LogP) is 0.814. The molecule has 0 radical (unpaired) electrons. The molecule has 1 saturated heterocycles. The average molecular weight is 278 g/mol. The molecule has 0 bridgehead atoms. The van der Waals surface area contributed by atoms with Gasteiger partial charge < -0.3 is 4.74 Å². The first-order valence-electron chi connectivity index (χ1n) is 6.66. The topological polar surface area (TPSA) is 58.6 Å². The van der Waals surface area contributed by atoms with Crippen molar-refractivity contribution in [1.29, 1.82) is 0 Å². The number of nitrogens with one attached hydrogen (secondary N) is 1. The van der Waals surface area contributed by atoms with Crippen LogP contribution >= 0.6 is 0 Å². The van der Waals surface area contributed by atoms with E-state index in [1.54, 1.807) is 7.11 Å². The first kappa shape index (κ1) is 15.9. The number of sulfonamides is 1. The number of likely N-dealkylation sites (tertiary alicyclic amines) is 1. The fourth-order valence-electron chi connectivity index (χ4n) is 2.20. The maximum absolute atomic E-state index is 11.9. The first-order valence-corrected chi connectivity index (χ1v) is 8.31. The Balaban J connectivity index is 2.60. The molecule has 1 heterocycles. The highest BCUT2D eigenvalue weighted by atomic mass is 32.2. The summed E-state index contributed by atoms with van der Waals surface area (Å²) in [6.07, 6.45) is 1.54. The maximum atomic E-state index is 11.9. The van der Waals surface area contributed by atoms with Crippen molar-refractivity contribution in [2.45, 2.75) is 51.8 Å². The third-order valence-corrected chi connectivity index (χ3v) is 4.91. The number of ether oxygens (including phenoxy) is 1. The normalized spacial score (nSPS) is 26.1. The van der Waals surface area contributed by atoms with Crippen LogP contribution < -0.4 is 4.72 Å². The third kappa shape index (κ3) is 4.50. The molecule has 2 atom stereocenters. The molecule has 0 saturated carbocycles. The van der Waals surface area contributed by atoms with Crippen LogP contribution in [0.3, 0.4) is 0 Å². The quantitative estimate of drug-likeness (QED) is 0.749. The number of unbranched alkanes of at least 4 members (excludes halogenated alkanes) is 1. The summed E-state index contributed by atoms with van der Waals surface area (Å²) in [6.45, 7) is 7.72. The Hall–Kier alpha value is -0.170. The van der Waals surface area contributed by atoms with E-state index < -0.39 is 10.0 Å². The minimum atomic E-state index is -3.18. The van der Waals surface area contributed by atoms with Crippen molar-refractivity contribution in [3.63, 3.8) is 0 Å². The van der Waals surface area contributed by atoms with Crippen LogP contribution in [0.25, 0.3) is 0 Å². The minimum Gasteiger partial charge on any atom is -0.378 e. The highest BCUT2D eigenvalue weighted by Crippen LogP contribution is 2.16. The van der Waals surface area contributed by atoms with E-state index in [4.69, 9.17) is 4.74 Å². The molecule has 0 amide bonds. The molecular weight excluding hydrogens is 252 g/mol. The Kier molecular flexibility index (Phi) is 6.04. The lowest BCUT2D eigenvalue weighted by atomic mass is 10.2. The Labute approximate surface area is 111 Å². The summed E-state index contributed by atoms with van der Waals surface area (Å²) in [5.41, 5.74) is 0. The highest BCUT2D eigenvalue weighted by molar-refractivity contribution is 7.89. The van der Waals surface area contributed by atoms with E-state index in [1.165, 1.54) is 0 Å². The molecule has 108 valence electrons. The van der Waals surface area contributed by atoms with E-state index in [2.05, 4.69) is 23.5 Å². The van der Waals surface area contributed by atoms with Gasteiger partial charge in [0.25, 0.3) is 0 Å². The second-order valence-corrected chi connectivity index (χ2v) is 7.09. The van der Waals surface area contributed by atoms with Gasteiger partial charge in [0.1, 0.15) is 0 Å². The molecule has 18 heavy (non-hydrogen) atoms. The number of hydrogen-bond donors (Lipinski definition) is 1. The van der Waals surface area contributed by atoms with Gasteiger partial charge in [0.15, 0.2) is 0 Å². The first-order chi connectivity index (χ1) is 8.39. The van der Waals surface area contributed by atoms with Gasteiger partial charge in [-0.1, -0.05) is 13.3 Å². The zero-order valence-corrected chi connectivity index (χ0v) is 12.7. The van der Waals surface area contributed by atoms with Gasteiger partial charge in [0, 0.05) is 26.2 Å². The molecule has 1 aliphatic rings. The Morgan fingerprint density at radius 1 is 1.39 bits per heavy atom. The molecule has 6 heteroatoms. The molecule has 0 spiro atoms. The van der Waals surface area contributed by atoms with Gasteiger partial charge in [-0.3, -0.25) is 4.90 Å². The van der Waals surface area contributed by atoms with Gasteiger partial charge in [0.2, 0.25) is 10.0 Å². The second-order valence-electron chi connectivity index (χ2n) is 5.22. The minimum absolute atomic E-state index is 0.0520. The molecule has 0 aromatic rings. The summed E-state index contributed by atoms with van der Waals surface area (Å²) in [7, 11) is -1.54. The van der Waals surface area contributed by atoms with Crippen molar-refractivity contribution in [3.8, 4) is 0 Å². The van der Waals surface area contributed by atoms with E-state index >= 15 is 0 Å². The molecule has 5 nitrogen and oxygen atoms in total. The lowest BCUT2D eigenvalue weighted by molar-refractivity contribution is 0.0920. The largest absolute Gasteiger partial charge is 0.378 e. The van der Waals surface area contributed by atoms with Crippen LogP contribution in [-0.4, -0.2) is 57.5 Å².